The van der Waals surface area contributed by atoms with E-state index in [-0.39, 0.29) is 18.3 Å². The minimum absolute atomic E-state index is 0.0330. The second-order valence-corrected chi connectivity index (χ2v) is 8.84. The van der Waals surface area contributed by atoms with Gasteiger partial charge in [0.1, 0.15) is 12.4 Å². The summed E-state index contributed by atoms with van der Waals surface area (Å²) < 4.78 is 19.8. The van der Waals surface area contributed by atoms with Gasteiger partial charge in [0.25, 0.3) is 5.91 Å². The van der Waals surface area contributed by atoms with Gasteiger partial charge in [0, 0.05) is 42.3 Å². The first-order valence-electron chi connectivity index (χ1n) is 11.4. The number of anilines is 1. The van der Waals surface area contributed by atoms with Crippen molar-refractivity contribution in [3.8, 4) is 11.4 Å². The number of amides is 1. The number of hydrogen-bond donors (Lipinski definition) is 0. The average Bonchev–Trinajstić information content (AvgIpc) is 3.04. The molecule has 1 atom stereocenters. The molecule has 2 aliphatic heterocycles. The van der Waals surface area contributed by atoms with Crippen LogP contribution in [0, 0.1) is 5.82 Å². The van der Waals surface area contributed by atoms with E-state index in [1.54, 1.807) is 17.0 Å². The summed E-state index contributed by atoms with van der Waals surface area (Å²) in [7, 11) is 0. The smallest absolute Gasteiger partial charge is 0.253 e. The fourth-order valence-corrected chi connectivity index (χ4v) is 4.71. The molecule has 5 rings (SSSR count). The summed E-state index contributed by atoms with van der Waals surface area (Å²) in [5, 5.41) is 0. The summed E-state index contributed by atoms with van der Waals surface area (Å²) in [6, 6.07) is 16.2. The fraction of sp³-hybridized carbons (Fsp3) is 0.346. The number of nitrogens with zero attached hydrogens (tertiary/aromatic N) is 4. The predicted octanol–water partition coefficient (Wildman–Crippen LogP) is 4.07. The first-order chi connectivity index (χ1) is 16.1. The van der Waals surface area contributed by atoms with Crippen molar-refractivity contribution in [3.05, 3.63) is 78.4 Å². The normalized spacial score (nSPS) is 21.8. The number of likely N-dealkylation sites (tertiary alicyclic amines) is 1. The zero-order valence-electron chi connectivity index (χ0n) is 18.5. The van der Waals surface area contributed by atoms with Gasteiger partial charge in [-0.15, -0.1) is 0 Å². The Labute approximate surface area is 193 Å². The van der Waals surface area contributed by atoms with Crippen LogP contribution < -0.4 is 4.90 Å². The van der Waals surface area contributed by atoms with Crippen LogP contribution in [0.2, 0.25) is 0 Å². The molecule has 3 aromatic rings. The molecule has 0 aliphatic carbocycles. The predicted molar refractivity (Wildman–Crippen MR) is 124 cm³/mol. The number of hydrogen-bond acceptors (Lipinski definition) is 5. The molecule has 6 nitrogen and oxygen atoms in total. The summed E-state index contributed by atoms with van der Waals surface area (Å²) in [4.78, 5) is 25.7. The average molecular weight is 447 g/mol. The van der Waals surface area contributed by atoms with E-state index in [9.17, 15) is 9.18 Å². The molecule has 0 bridgehead atoms. The Morgan fingerprint density at radius 1 is 1.00 bits per heavy atom. The zero-order valence-corrected chi connectivity index (χ0v) is 18.5. The third kappa shape index (κ3) is 4.94. The van der Waals surface area contributed by atoms with Crippen LogP contribution in [0.15, 0.2) is 67.0 Å². The van der Waals surface area contributed by atoms with Crippen LogP contribution in [0.1, 0.15) is 24.8 Å². The van der Waals surface area contributed by atoms with Crippen molar-refractivity contribution in [2.75, 3.05) is 31.1 Å². The topological polar surface area (TPSA) is 58.6 Å². The van der Waals surface area contributed by atoms with Crippen molar-refractivity contribution in [2.45, 2.75) is 31.4 Å². The van der Waals surface area contributed by atoms with Gasteiger partial charge in [0.05, 0.1) is 12.1 Å². The van der Waals surface area contributed by atoms with Gasteiger partial charge in [0.2, 0.25) is 0 Å². The highest BCUT2D eigenvalue weighted by Gasteiger charge is 2.41. The second kappa shape index (κ2) is 9.37. The zero-order chi connectivity index (χ0) is 22.7. The number of ether oxygens (including phenoxy) is 1. The van der Waals surface area contributed by atoms with Crippen LogP contribution in [-0.2, 0) is 16.1 Å². The third-order valence-electron chi connectivity index (χ3n) is 6.50. The van der Waals surface area contributed by atoms with E-state index in [4.69, 9.17) is 4.74 Å². The minimum atomic E-state index is -0.400. The molecule has 2 fully saturated rings. The molecule has 1 spiro atoms. The number of carbonyl (C=O) groups is 1. The molecule has 7 heteroatoms. The number of carbonyl (C=O) groups excluding carboxylic acids is 1. The molecule has 0 saturated carbocycles. The lowest BCUT2D eigenvalue weighted by Crippen LogP contribution is -2.55. The Morgan fingerprint density at radius 2 is 1.82 bits per heavy atom. The number of aromatic nitrogens is 2. The Morgan fingerprint density at radius 3 is 2.61 bits per heavy atom. The molecule has 1 amide bonds. The maximum Gasteiger partial charge on any atom is 0.253 e. The molecule has 2 aromatic carbocycles. The third-order valence-corrected chi connectivity index (χ3v) is 6.50. The quantitative estimate of drug-likeness (QED) is 0.605. The van der Waals surface area contributed by atoms with E-state index in [2.05, 4.69) is 14.9 Å². The van der Waals surface area contributed by atoms with Gasteiger partial charge in [-0.1, -0.05) is 36.4 Å². The molecule has 0 radical (unpaired) electrons. The van der Waals surface area contributed by atoms with E-state index in [0.29, 0.717) is 12.2 Å². The van der Waals surface area contributed by atoms with Crippen LogP contribution in [0.3, 0.4) is 0 Å². The molecular formula is C26H27FN4O2. The van der Waals surface area contributed by atoms with Crippen molar-refractivity contribution < 1.29 is 13.9 Å². The summed E-state index contributed by atoms with van der Waals surface area (Å²) in [6.07, 6.45) is 6.45. The van der Waals surface area contributed by atoms with Gasteiger partial charge in [-0.25, -0.2) is 14.4 Å². The molecular weight excluding hydrogens is 419 g/mol. The highest BCUT2D eigenvalue weighted by Crippen LogP contribution is 2.33. The highest BCUT2D eigenvalue weighted by molar-refractivity contribution is 5.95. The van der Waals surface area contributed by atoms with E-state index in [1.165, 1.54) is 12.1 Å². The van der Waals surface area contributed by atoms with Gasteiger partial charge in [-0.2, -0.15) is 0 Å². The van der Waals surface area contributed by atoms with Crippen molar-refractivity contribution >= 4 is 11.6 Å². The number of benzene rings is 2. The standard InChI is InChI=1S/C26H27FN4O2/c27-22-8-4-9-23(14-22)31-19-26(33-18-24(31)32)10-5-12-30(13-11-26)17-20-15-28-25(29-16-20)21-6-2-1-3-7-21/h1-4,6-9,14-16H,5,10-13,17-19H2. The van der Waals surface area contributed by atoms with Crippen molar-refractivity contribution in [3.63, 3.8) is 0 Å². The van der Waals surface area contributed by atoms with Crippen molar-refractivity contribution in [1.82, 2.24) is 14.9 Å². The molecule has 0 N–H and O–H groups in total. The minimum Gasteiger partial charge on any atom is -0.363 e. The molecule has 1 unspecified atom stereocenters. The van der Waals surface area contributed by atoms with Crippen molar-refractivity contribution in [1.29, 1.82) is 0 Å². The summed E-state index contributed by atoms with van der Waals surface area (Å²) >= 11 is 0. The lowest BCUT2D eigenvalue weighted by molar-refractivity contribution is -0.140. The Balaban J connectivity index is 1.23. The summed E-state index contributed by atoms with van der Waals surface area (Å²) in [5.41, 5.74) is 2.28. The number of morpholine rings is 1. The van der Waals surface area contributed by atoms with Gasteiger partial charge >= 0.3 is 0 Å². The largest absolute Gasteiger partial charge is 0.363 e. The summed E-state index contributed by atoms with van der Waals surface area (Å²) in [6.45, 7) is 3.06. The maximum absolute atomic E-state index is 13.7. The fourth-order valence-electron chi connectivity index (χ4n) is 4.71. The SMILES string of the molecule is O=C1COC2(CCCN(Cc3cnc(-c4ccccc4)nc3)CC2)CN1c1cccc(F)c1. The Bertz CT molecular complexity index is 1110. The molecule has 2 aliphatic rings. The van der Waals surface area contributed by atoms with Crippen LogP contribution in [0.5, 0.6) is 0 Å². The number of halogens is 1. The van der Waals surface area contributed by atoms with Crippen molar-refractivity contribution in [2.24, 2.45) is 0 Å². The van der Waals surface area contributed by atoms with Crippen LogP contribution in [0.4, 0.5) is 10.1 Å². The van der Waals surface area contributed by atoms with Gasteiger partial charge in [-0.3, -0.25) is 9.69 Å². The van der Waals surface area contributed by atoms with Crippen LogP contribution in [0.25, 0.3) is 11.4 Å². The van der Waals surface area contributed by atoms with Gasteiger partial charge in [0.15, 0.2) is 5.82 Å². The first-order valence-corrected chi connectivity index (χ1v) is 11.4. The molecule has 33 heavy (non-hydrogen) atoms. The Kier molecular flexibility index (Phi) is 6.15. The second-order valence-electron chi connectivity index (χ2n) is 8.84. The molecule has 1 aromatic heterocycles. The lowest BCUT2D eigenvalue weighted by Gasteiger charge is -2.42. The first kappa shape index (κ1) is 21.7. The highest BCUT2D eigenvalue weighted by atomic mass is 19.1. The number of rotatable bonds is 4. The van der Waals surface area contributed by atoms with Gasteiger partial charge < -0.3 is 9.64 Å². The lowest BCUT2D eigenvalue weighted by atomic mass is 9.92. The maximum atomic E-state index is 13.7. The van der Waals surface area contributed by atoms with E-state index >= 15 is 0 Å². The van der Waals surface area contributed by atoms with Crippen LogP contribution in [-0.4, -0.2) is 52.6 Å². The summed E-state index contributed by atoms with van der Waals surface area (Å²) in [5.74, 6) is 0.267. The monoisotopic (exact) mass is 446 g/mol. The Hall–Kier alpha value is -3.16. The van der Waals surface area contributed by atoms with E-state index < -0.39 is 5.60 Å². The van der Waals surface area contributed by atoms with E-state index in [1.807, 2.05) is 42.7 Å². The van der Waals surface area contributed by atoms with E-state index in [0.717, 1.165) is 55.8 Å². The van der Waals surface area contributed by atoms with Gasteiger partial charge in [-0.05, 0) is 44.0 Å². The molecule has 170 valence electrons. The molecule has 3 heterocycles. The molecule has 2 saturated heterocycles. The van der Waals surface area contributed by atoms with Crippen LogP contribution >= 0.6 is 0 Å².